The number of aliphatic hydroxyl groups excluding tert-OH is 1. The van der Waals surface area contributed by atoms with Gasteiger partial charge in [-0.2, -0.15) is 0 Å². The molecule has 0 aromatic carbocycles. The van der Waals surface area contributed by atoms with E-state index in [9.17, 15) is 5.11 Å². The largest absolute Gasteiger partial charge is 0.396 e. The van der Waals surface area contributed by atoms with Crippen molar-refractivity contribution in [2.75, 3.05) is 19.7 Å². The molecule has 0 aliphatic carbocycles. The molecule has 0 aromatic heterocycles. The summed E-state index contributed by atoms with van der Waals surface area (Å²) in [6, 6.07) is 0.677. The minimum atomic E-state index is 0.209. The van der Waals surface area contributed by atoms with Crippen molar-refractivity contribution in [3.63, 3.8) is 0 Å². The fraction of sp³-hybridized carbons (Fsp3) is 1.00. The average Bonchev–Trinajstić information content (AvgIpc) is 2.46. The smallest absolute Gasteiger partial charge is 0.0500 e. The predicted octanol–water partition coefficient (Wildman–Crippen LogP) is 1.24. The van der Waals surface area contributed by atoms with E-state index in [1.54, 1.807) is 0 Å². The van der Waals surface area contributed by atoms with E-state index < -0.39 is 0 Å². The maximum atomic E-state index is 9.34. The molecule has 2 atom stereocenters. The third kappa shape index (κ3) is 1.17. The first-order chi connectivity index (χ1) is 5.76. The maximum absolute atomic E-state index is 9.34. The summed E-state index contributed by atoms with van der Waals surface area (Å²) in [5.41, 5.74) is 0.209. The minimum Gasteiger partial charge on any atom is -0.396 e. The molecule has 12 heavy (non-hydrogen) atoms. The van der Waals surface area contributed by atoms with Crippen molar-refractivity contribution in [3.05, 3.63) is 0 Å². The van der Waals surface area contributed by atoms with Crippen LogP contribution in [0.25, 0.3) is 0 Å². The van der Waals surface area contributed by atoms with E-state index in [0.717, 1.165) is 0 Å². The Kier molecular flexibility index (Phi) is 2.13. The Hall–Kier alpha value is -0.0800. The van der Waals surface area contributed by atoms with Crippen LogP contribution >= 0.6 is 0 Å². The fourth-order valence-electron chi connectivity index (χ4n) is 2.80. The number of nitrogens with zero attached hydrogens (tertiary/aromatic N) is 1. The van der Waals surface area contributed by atoms with Crippen LogP contribution in [-0.2, 0) is 0 Å². The number of piperidine rings is 1. The normalized spacial score (nSPS) is 43.0. The van der Waals surface area contributed by atoms with Crippen LogP contribution in [0.2, 0.25) is 0 Å². The molecule has 2 aliphatic heterocycles. The van der Waals surface area contributed by atoms with Crippen molar-refractivity contribution in [1.82, 2.24) is 4.90 Å². The maximum Gasteiger partial charge on any atom is 0.0500 e. The van der Waals surface area contributed by atoms with Crippen LogP contribution in [0.3, 0.4) is 0 Å². The van der Waals surface area contributed by atoms with E-state index in [1.807, 2.05) is 0 Å². The molecule has 0 aromatic rings. The second-order valence-electron chi connectivity index (χ2n) is 4.61. The highest BCUT2D eigenvalue weighted by molar-refractivity contribution is 4.97. The fourth-order valence-corrected chi connectivity index (χ4v) is 2.80. The first-order valence-electron chi connectivity index (χ1n) is 5.11. The van der Waals surface area contributed by atoms with E-state index in [2.05, 4.69) is 11.8 Å². The van der Waals surface area contributed by atoms with Crippen LogP contribution < -0.4 is 0 Å². The summed E-state index contributed by atoms with van der Waals surface area (Å²) in [7, 11) is 0. The van der Waals surface area contributed by atoms with Gasteiger partial charge in [-0.1, -0.05) is 13.3 Å². The second-order valence-corrected chi connectivity index (χ2v) is 4.61. The molecule has 2 heteroatoms. The average molecular weight is 169 g/mol. The zero-order valence-electron chi connectivity index (χ0n) is 7.92. The summed E-state index contributed by atoms with van der Waals surface area (Å²) in [4.78, 5) is 2.57. The molecule has 0 unspecified atom stereocenters. The highest BCUT2D eigenvalue weighted by Crippen LogP contribution is 2.40. The summed E-state index contributed by atoms with van der Waals surface area (Å²) in [6.07, 6.45) is 5.21. The standard InChI is InChI=1S/C10H19NO/c1-10(8-12)5-7-11-6-3-2-4-9(10)11/h9,12H,2-8H2,1H3/t9-,10+/m0/s1. The molecule has 70 valence electrons. The molecular formula is C10H19NO. The highest BCUT2D eigenvalue weighted by Gasteiger charge is 2.43. The first kappa shape index (κ1) is 8.52. The summed E-state index contributed by atoms with van der Waals surface area (Å²) >= 11 is 0. The Labute approximate surface area is 74.6 Å². The quantitative estimate of drug-likeness (QED) is 0.638. The molecular weight excluding hydrogens is 150 g/mol. The lowest BCUT2D eigenvalue weighted by atomic mass is 9.80. The molecule has 2 aliphatic rings. The topological polar surface area (TPSA) is 23.5 Å². The van der Waals surface area contributed by atoms with Gasteiger partial charge in [0.1, 0.15) is 0 Å². The number of hydrogen-bond acceptors (Lipinski definition) is 2. The Morgan fingerprint density at radius 3 is 3.00 bits per heavy atom. The van der Waals surface area contributed by atoms with Gasteiger partial charge in [-0.05, 0) is 32.4 Å². The third-order valence-electron chi connectivity index (χ3n) is 3.75. The first-order valence-corrected chi connectivity index (χ1v) is 5.11. The lowest BCUT2D eigenvalue weighted by Crippen LogP contribution is -2.42. The van der Waals surface area contributed by atoms with Crippen LogP contribution in [0.1, 0.15) is 32.6 Å². The molecule has 0 radical (unpaired) electrons. The Bertz CT molecular complexity index is 171. The number of rotatable bonds is 1. The van der Waals surface area contributed by atoms with E-state index >= 15 is 0 Å². The summed E-state index contributed by atoms with van der Waals surface area (Å²) in [5, 5.41) is 9.34. The van der Waals surface area contributed by atoms with Gasteiger partial charge in [-0.3, -0.25) is 4.90 Å². The third-order valence-corrected chi connectivity index (χ3v) is 3.75. The molecule has 0 bridgehead atoms. The van der Waals surface area contributed by atoms with Gasteiger partial charge < -0.3 is 5.11 Å². The number of hydrogen-bond donors (Lipinski definition) is 1. The molecule has 2 rings (SSSR count). The Morgan fingerprint density at radius 2 is 2.25 bits per heavy atom. The van der Waals surface area contributed by atoms with Crippen molar-refractivity contribution in [3.8, 4) is 0 Å². The monoisotopic (exact) mass is 169 g/mol. The summed E-state index contributed by atoms with van der Waals surface area (Å²) in [5.74, 6) is 0. The zero-order chi connectivity index (χ0) is 8.60. The van der Waals surface area contributed by atoms with Gasteiger partial charge in [0.15, 0.2) is 0 Å². The van der Waals surface area contributed by atoms with Crippen molar-refractivity contribution in [2.24, 2.45) is 5.41 Å². The summed E-state index contributed by atoms with van der Waals surface area (Å²) < 4.78 is 0. The molecule has 1 N–H and O–H groups in total. The van der Waals surface area contributed by atoms with Crippen molar-refractivity contribution >= 4 is 0 Å². The van der Waals surface area contributed by atoms with E-state index in [4.69, 9.17) is 0 Å². The van der Waals surface area contributed by atoms with Crippen LogP contribution in [0.5, 0.6) is 0 Å². The Balaban J connectivity index is 2.10. The lowest BCUT2D eigenvalue weighted by Gasteiger charge is -2.37. The van der Waals surface area contributed by atoms with Gasteiger partial charge in [0.25, 0.3) is 0 Å². The van der Waals surface area contributed by atoms with Gasteiger partial charge >= 0.3 is 0 Å². The van der Waals surface area contributed by atoms with Gasteiger partial charge in [-0.25, -0.2) is 0 Å². The lowest BCUT2D eigenvalue weighted by molar-refractivity contribution is 0.0696. The number of fused-ring (bicyclic) bond motifs is 1. The molecule has 0 spiro atoms. The van der Waals surface area contributed by atoms with E-state index in [1.165, 1.54) is 38.8 Å². The van der Waals surface area contributed by atoms with Gasteiger partial charge in [-0.15, -0.1) is 0 Å². The molecule has 2 saturated heterocycles. The van der Waals surface area contributed by atoms with E-state index in [-0.39, 0.29) is 5.41 Å². The minimum absolute atomic E-state index is 0.209. The van der Waals surface area contributed by atoms with Crippen molar-refractivity contribution < 1.29 is 5.11 Å². The van der Waals surface area contributed by atoms with Crippen LogP contribution in [-0.4, -0.2) is 35.7 Å². The predicted molar refractivity (Wildman–Crippen MR) is 49.0 cm³/mol. The van der Waals surface area contributed by atoms with Crippen LogP contribution in [0, 0.1) is 5.41 Å². The number of aliphatic hydroxyl groups is 1. The molecule has 2 nitrogen and oxygen atoms in total. The van der Waals surface area contributed by atoms with Crippen molar-refractivity contribution in [2.45, 2.75) is 38.6 Å². The van der Waals surface area contributed by atoms with Crippen molar-refractivity contribution in [1.29, 1.82) is 0 Å². The van der Waals surface area contributed by atoms with Crippen LogP contribution in [0.15, 0.2) is 0 Å². The van der Waals surface area contributed by atoms with Gasteiger partial charge in [0.2, 0.25) is 0 Å². The molecule has 2 heterocycles. The van der Waals surface area contributed by atoms with Gasteiger partial charge in [0, 0.05) is 18.1 Å². The SMILES string of the molecule is C[C@]1(CO)CCN2CCCC[C@H]21. The zero-order valence-corrected chi connectivity index (χ0v) is 7.92. The Morgan fingerprint density at radius 1 is 1.42 bits per heavy atom. The molecule has 0 saturated carbocycles. The second kappa shape index (κ2) is 3.00. The highest BCUT2D eigenvalue weighted by atomic mass is 16.3. The molecule has 0 amide bonds. The molecule has 2 fully saturated rings. The van der Waals surface area contributed by atoms with Gasteiger partial charge in [0.05, 0.1) is 0 Å². The van der Waals surface area contributed by atoms with Crippen LogP contribution in [0.4, 0.5) is 0 Å². The summed E-state index contributed by atoms with van der Waals surface area (Å²) in [6.45, 7) is 5.08. The van der Waals surface area contributed by atoms with E-state index in [0.29, 0.717) is 12.6 Å².